The fourth-order valence-corrected chi connectivity index (χ4v) is 2.47. The smallest absolute Gasteiger partial charge is 0.166 e. The number of Topliss-reactive ketones (excluding diaryl/α,β-unsaturated/α-hetero) is 1. The summed E-state index contributed by atoms with van der Waals surface area (Å²) in [7, 11) is 1.61. The lowest BCUT2D eigenvalue weighted by Crippen LogP contribution is -2.11. The van der Waals surface area contributed by atoms with E-state index >= 15 is 0 Å². The molecule has 1 heterocycles. The zero-order chi connectivity index (χ0) is 13.0. The highest BCUT2D eigenvalue weighted by atomic mass is 16.5. The summed E-state index contributed by atoms with van der Waals surface area (Å²) in [6.45, 7) is 4.14. The van der Waals surface area contributed by atoms with Gasteiger partial charge in [0.25, 0.3) is 0 Å². The van der Waals surface area contributed by atoms with Crippen molar-refractivity contribution < 1.29 is 9.53 Å². The molecule has 3 nitrogen and oxygen atoms in total. The monoisotopic (exact) mass is 247 g/mol. The summed E-state index contributed by atoms with van der Waals surface area (Å²) in [4.78, 5) is 12.2. The highest BCUT2D eigenvalue weighted by Crippen LogP contribution is 2.23. The molecule has 0 aromatic heterocycles. The van der Waals surface area contributed by atoms with Gasteiger partial charge in [0, 0.05) is 6.42 Å². The van der Waals surface area contributed by atoms with Crippen LogP contribution >= 0.6 is 0 Å². The number of ether oxygens (including phenoxy) is 1. The molecular weight excluding hydrogens is 226 g/mol. The number of benzene rings is 1. The average molecular weight is 247 g/mol. The van der Waals surface area contributed by atoms with Gasteiger partial charge < -0.3 is 10.1 Å². The molecule has 1 aromatic carbocycles. The van der Waals surface area contributed by atoms with Gasteiger partial charge in [0.05, 0.1) is 12.7 Å². The number of hydrogen-bond acceptors (Lipinski definition) is 3. The molecule has 1 N–H and O–H groups in total. The molecule has 1 atom stereocenters. The van der Waals surface area contributed by atoms with Gasteiger partial charge in [-0.25, -0.2) is 0 Å². The van der Waals surface area contributed by atoms with E-state index in [1.54, 1.807) is 7.11 Å². The number of aryl methyl sites for hydroxylation is 1. The predicted octanol–water partition coefficient (Wildman–Crippen LogP) is 2.58. The van der Waals surface area contributed by atoms with Crippen LogP contribution in [0.4, 0.5) is 0 Å². The van der Waals surface area contributed by atoms with Crippen molar-refractivity contribution in [3.8, 4) is 5.75 Å². The van der Waals surface area contributed by atoms with E-state index in [9.17, 15) is 4.79 Å². The van der Waals surface area contributed by atoms with Gasteiger partial charge in [0.2, 0.25) is 0 Å². The Morgan fingerprint density at radius 2 is 2.33 bits per heavy atom. The second-order valence-electron chi connectivity index (χ2n) is 5.02. The van der Waals surface area contributed by atoms with Crippen LogP contribution in [0.1, 0.15) is 35.2 Å². The standard InChI is InChI=1S/C15H21NO2/c1-11-3-6-15(18-2)13(9-11)14(17)5-4-12-7-8-16-10-12/h3,6,9,12,16H,4-5,7-8,10H2,1-2H3. The maximum absolute atomic E-state index is 12.2. The van der Waals surface area contributed by atoms with Crippen LogP contribution in [0, 0.1) is 12.8 Å². The molecule has 1 aromatic rings. The van der Waals surface area contributed by atoms with Crippen molar-refractivity contribution in [2.75, 3.05) is 20.2 Å². The molecule has 1 saturated heterocycles. The van der Waals surface area contributed by atoms with Crippen molar-refractivity contribution in [1.82, 2.24) is 5.32 Å². The Labute approximate surface area is 109 Å². The van der Waals surface area contributed by atoms with Crippen LogP contribution in [0.25, 0.3) is 0 Å². The number of carbonyl (C=O) groups excluding carboxylic acids is 1. The van der Waals surface area contributed by atoms with E-state index in [1.807, 2.05) is 25.1 Å². The molecule has 0 bridgehead atoms. The maximum Gasteiger partial charge on any atom is 0.166 e. The second-order valence-corrected chi connectivity index (χ2v) is 5.02. The van der Waals surface area contributed by atoms with Crippen molar-refractivity contribution in [2.24, 2.45) is 5.92 Å². The molecular formula is C15H21NO2. The van der Waals surface area contributed by atoms with Crippen LogP contribution in [0.5, 0.6) is 5.75 Å². The van der Waals surface area contributed by atoms with Gasteiger partial charge >= 0.3 is 0 Å². The Bertz CT molecular complexity index is 423. The molecule has 2 rings (SSSR count). The fourth-order valence-electron chi connectivity index (χ4n) is 2.47. The van der Waals surface area contributed by atoms with E-state index in [0.717, 1.165) is 30.6 Å². The second kappa shape index (κ2) is 6.01. The molecule has 0 aliphatic carbocycles. The third kappa shape index (κ3) is 3.10. The summed E-state index contributed by atoms with van der Waals surface area (Å²) < 4.78 is 5.26. The summed E-state index contributed by atoms with van der Waals surface area (Å²) in [5, 5.41) is 3.33. The first-order chi connectivity index (χ1) is 8.70. The van der Waals surface area contributed by atoms with Crippen LogP contribution in [0.2, 0.25) is 0 Å². The Morgan fingerprint density at radius 3 is 3.00 bits per heavy atom. The molecule has 1 aliphatic heterocycles. The van der Waals surface area contributed by atoms with Crippen molar-refractivity contribution in [3.63, 3.8) is 0 Å². The Morgan fingerprint density at radius 1 is 1.50 bits per heavy atom. The Kier molecular flexibility index (Phi) is 4.37. The van der Waals surface area contributed by atoms with E-state index in [-0.39, 0.29) is 5.78 Å². The van der Waals surface area contributed by atoms with Gasteiger partial charge in [-0.15, -0.1) is 0 Å². The largest absolute Gasteiger partial charge is 0.496 e. The molecule has 0 radical (unpaired) electrons. The molecule has 0 spiro atoms. The summed E-state index contributed by atoms with van der Waals surface area (Å²) >= 11 is 0. The van der Waals surface area contributed by atoms with Gasteiger partial charge in [-0.2, -0.15) is 0 Å². The van der Waals surface area contributed by atoms with Crippen molar-refractivity contribution in [2.45, 2.75) is 26.2 Å². The van der Waals surface area contributed by atoms with E-state index in [0.29, 0.717) is 18.1 Å². The van der Waals surface area contributed by atoms with Gasteiger partial charge in [-0.3, -0.25) is 4.79 Å². The van der Waals surface area contributed by atoms with Gasteiger partial charge in [0.1, 0.15) is 5.75 Å². The molecule has 0 saturated carbocycles. The lowest BCUT2D eigenvalue weighted by Gasteiger charge is -2.10. The van der Waals surface area contributed by atoms with Crippen molar-refractivity contribution in [3.05, 3.63) is 29.3 Å². The zero-order valence-electron chi connectivity index (χ0n) is 11.2. The third-order valence-electron chi connectivity index (χ3n) is 3.60. The van der Waals surface area contributed by atoms with Crippen LogP contribution < -0.4 is 10.1 Å². The number of carbonyl (C=O) groups is 1. The summed E-state index contributed by atoms with van der Waals surface area (Å²) in [6.07, 6.45) is 2.79. The Hall–Kier alpha value is -1.35. The lowest BCUT2D eigenvalue weighted by atomic mass is 9.97. The Balaban J connectivity index is 2.00. The minimum Gasteiger partial charge on any atom is -0.496 e. The number of ketones is 1. The van der Waals surface area contributed by atoms with Crippen LogP contribution in [-0.2, 0) is 0 Å². The first-order valence-corrected chi connectivity index (χ1v) is 6.59. The van der Waals surface area contributed by atoms with Crippen molar-refractivity contribution >= 4 is 5.78 Å². The van der Waals surface area contributed by atoms with Gasteiger partial charge in [-0.1, -0.05) is 11.6 Å². The highest BCUT2D eigenvalue weighted by molar-refractivity contribution is 5.98. The third-order valence-corrected chi connectivity index (χ3v) is 3.60. The molecule has 1 fully saturated rings. The molecule has 0 amide bonds. The number of rotatable bonds is 5. The zero-order valence-corrected chi connectivity index (χ0v) is 11.2. The minimum atomic E-state index is 0.197. The molecule has 18 heavy (non-hydrogen) atoms. The summed E-state index contributed by atoms with van der Waals surface area (Å²) in [6, 6.07) is 5.77. The van der Waals surface area contributed by atoms with E-state index in [2.05, 4.69) is 5.32 Å². The van der Waals surface area contributed by atoms with E-state index in [1.165, 1.54) is 6.42 Å². The summed E-state index contributed by atoms with van der Waals surface area (Å²) in [5.74, 6) is 1.54. The molecule has 3 heteroatoms. The molecule has 1 unspecified atom stereocenters. The summed E-state index contributed by atoms with van der Waals surface area (Å²) in [5.41, 5.74) is 1.82. The van der Waals surface area contributed by atoms with E-state index in [4.69, 9.17) is 4.74 Å². The molecule has 98 valence electrons. The number of nitrogens with one attached hydrogen (secondary N) is 1. The number of methoxy groups -OCH3 is 1. The maximum atomic E-state index is 12.2. The fraction of sp³-hybridized carbons (Fsp3) is 0.533. The van der Waals surface area contributed by atoms with Crippen LogP contribution in [0.15, 0.2) is 18.2 Å². The van der Waals surface area contributed by atoms with Gasteiger partial charge in [-0.05, 0) is 50.9 Å². The lowest BCUT2D eigenvalue weighted by molar-refractivity contribution is 0.0971. The predicted molar refractivity (Wildman–Crippen MR) is 72.3 cm³/mol. The van der Waals surface area contributed by atoms with Crippen LogP contribution in [0.3, 0.4) is 0 Å². The van der Waals surface area contributed by atoms with Gasteiger partial charge in [0.15, 0.2) is 5.78 Å². The minimum absolute atomic E-state index is 0.197. The highest BCUT2D eigenvalue weighted by Gasteiger charge is 2.18. The topological polar surface area (TPSA) is 38.3 Å². The van der Waals surface area contributed by atoms with Crippen molar-refractivity contribution in [1.29, 1.82) is 0 Å². The first-order valence-electron chi connectivity index (χ1n) is 6.59. The normalized spacial score (nSPS) is 18.9. The SMILES string of the molecule is COc1ccc(C)cc1C(=O)CCC1CCNC1. The first kappa shape index (κ1) is 13.1. The molecule has 1 aliphatic rings. The average Bonchev–Trinajstić information content (AvgIpc) is 2.89. The number of hydrogen-bond donors (Lipinski definition) is 1. The quantitative estimate of drug-likeness (QED) is 0.813. The van der Waals surface area contributed by atoms with E-state index < -0.39 is 0 Å². The van der Waals surface area contributed by atoms with Crippen LogP contribution in [-0.4, -0.2) is 26.0 Å².